The van der Waals surface area contributed by atoms with E-state index in [4.69, 9.17) is 17.3 Å². The second kappa shape index (κ2) is 9.46. The van der Waals surface area contributed by atoms with Crippen molar-refractivity contribution in [3.63, 3.8) is 0 Å². The van der Waals surface area contributed by atoms with Gasteiger partial charge in [0.1, 0.15) is 5.82 Å². The molecule has 1 aromatic carbocycles. The van der Waals surface area contributed by atoms with E-state index in [-0.39, 0.29) is 29.0 Å². The third kappa shape index (κ3) is 6.38. The molecule has 3 nitrogen and oxygen atoms in total. The zero-order chi connectivity index (χ0) is 14.4. The summed E-state index contributed by atoms with van der Waals surface area (Å²) in [5.74, 6) is 0.0429. The highest BCUT2D eigenvalue weighted by Gasteiger charge is 2.12. The molecule has 0 radical (unpaired) electrons. The number of hydrogen-bond acceptors (Lipinski definition) is 1. The second-order valence-corrected chi connectivity index (χ2v) is 5.69. The molecular weight excluding hydrogens is 404 g/mol. The first-order valence-electron chi connectivity index (χ1n) is 7.15. The van der Waals surface area contributed by atoms with Crippen LogP contribution in [0.2, 0.25) is 5.02 Å². The van der Waals surface area contributed by atoms with Crippen LogP contribution in [0.4, 0.5) is 4.39 Å². The van der Waals surface area contributed by atoms with Gasteiger partial charge in [-0.3, -0.25) is 0 Å². The van der Waals surface area contributed by atoms with Crippen molar-refractivity contribution in [1.29, 1.82) is 0 Å². The van der Waals surface area contributed by atoms with Gasteiger partial charge in [-0.25, -0.2) is 9.38 Å². The Morgan fingerprint density at radius 3 is 2.57 bits per heavy atom. The average Bonchev–Trinajstić information content (AvgIpc) is 2.69. The maximum atomic E-state index is 13.0. The number of benzene rings is 1. The zero-order valence-electron chi connectivity index (χ0n) is 11.9. The molecule has 118 valence electrons. The molecule has 0 amide bonds. The summed E-state index contributed by atoms with van der Waals surface area (Å²) in [4.78, 5) is 4.29. The first-order valence-corrected chi connectivity index (χ1v) is 7.53. The first kappa shape index (κ1) is 18.5. The van der Waals surface area contributed by atoms with E-state index >= 15 is 0 Å². The van der Waals surface area contributed by atoms with Crippen LogP contribution >= 0.6 is 35.6 Å². The van der Waals surface area contributed by atoms with Gasteiger partial charge in [0, 0.05) is 6.04 Å². The fraction of sp³-hybridized carbons (Fsp3) is 0.533. The van der Waals surface area contributed by atoms with Crippen molar-refractivity contribution >= 4 is 41.5 Å². The summed E-state index contributed by atoms with van der Waals surface area (Å²) in [6.07, 6.45) is 7.42. The van der Waals surface area contributed by atoms with Gasteiger partial charge in [-0.2, -0.15) is 0 Å². The molecular formula is C15H22ClFIN3. The lowest BCUT2D eigenvalue weighted by molar-refractivity contribution is 0.530. The molecule has 2 rings (SSSR count). The number of aliphatic imine (C=N–C) groups is 1. The van der Waals surface area contributed by atoms with Crippen LogP contribution in [0.15, 0.2) is 23.2 Å². The van der Waals surface area contributed by atoms with Crippen molar-refractivity contribution in [3.05, 3.63) is 34.6 Å². The van der Waals surface area contributed by atoms with Crippen molar-refractivity contribution in [3.8, 4) is 0 Å². The SMILES string of the molecule is I.NC(=NCc1ccc(F)c(Cl)c1)NC1CCCCCC1. The molecule has 0 saturated heterocycles. The number of nitrogens with two attached hydrogens (primary N) is 1. The number of nitrogens with zero attached hydrogens (tertiary/aromatic N) is 1. The smallest absolute Gasteiger partial charge is 0.189 e. The summed E-state index contributed by atoms with van der Waals surface area (Å²) >= 11 is 5.73. The van der Waals surface area contributed by atoms with Gasteiger partial charge in [-0.1, -0.05) is 43.4 Å². The lowest BCUT2D eigenvalue weighted by atomic mass is 10.1. The minimum atomic E-state index is -0.413. The summed E-state index contributed by atoms with van der Waals surface area (Å²) in [5.41, 5.74) is 6.75. The normalized spacial score (nSPS) is 17.0. The Morgan fingerprint density at radius 2 is 1.95 bits per heavy atom. The third-order valence-corrected chi connectivity index (χ3v) is 3.91. The van der Waals surface area contributed by atoms with E-state index < -0.39 is 5.82 Å². The minimum Gasteiger partial charge on any atom is -0.370 e. The topological polar surface area (TPSA) is 50.4 Å². The zero-order valence-corrected chi connectivity index (χ0v) is 15.0. The van der Waals surface area contributed by atoms with Crippen LogP contribution in [-0.4, -0.2) is 12.0 Å². The summed E-state index contributed by atoms with van der Waals surface area (Å²) in [6.45, 7) is 0.408. The number of hydrogen-bond donors (Lipinski definition) is 2. The summed E-state index contributed by atoms with van der Waals surface area (Å²) in [7, 11) is 0. The van der Waals surface area contributed by atoms with Gasteiger partial charge < -0.3 is 11.1 Å². The number of rotatable bonds is 3. The molecule has 0 atom stereocenters. The van der Waals surface area contributed by atoms with Gasteiger partial charge in [0.25, 0.3) is 0 Å². The monoisotopic (exact) mass is 425 g/mol. The Hall–Kier alpha value is -0.560. The van der Waals surface area contributed by atoms with E-state index in [1.807, 2.05) is 0 Å². The predicted molar refractivity (Wildman–Crippen MR) is 96.8 cm³/mol. The minimum absolute atomic E-state index is 0. The standard InChI is InChI=1S/C15H21ClFN3.HI/c16-13-9-11(7-8-14(13)17)10-19-15(18)20-12-5-3-1-2-4-6-12;/h7-9,12H,1-6,10H2,(H3,18,19,20);1H. The van der Waals surface area contributed by atoms with Crippen molar-refractivity contribution in [2.24, 2.45) is 10.7 Å². The predicted octanol–water partition coefficient (Wildman–Crippen LogP) is 4.22. The van der Waals surface area contributed by atoms with Crippen molar-refractivity contribution in [2.45, 2.75) is 51.1 Å². The summed E-state index contributed by atoms with van der Waals surface area (Å²) in [5, 5.41) is 3.39. The molecule has 0 heterocycles. The molecule has 1 saturated carbocycles. The van der Waals surface area contributed by atoms with Crippen LogP contribution in [0.25, 0.3) is 0 Å². The molecule has 0 unspecified atom stereocenters. The van der Waals surface area contributed by atoms with Crippen molar-refractivity contribution < 1.29 is 4.39 Å². The molecule has 21 heavy (non-hydrogen) atoms. The summed E-state index contributed by atoms with van der Waals surface area (Å²) < 4.78 is 13.0. The van der Waals surface area contributed by atoms with E-state index in [1.165, 1.54) is 31.7 Å². The van der Waals surface area contributed by atoms with Gasteiger partial charge in [0.15, 0.2) is 5.96 Å². The Balaban J connectivity index is 0.00000220. The van der Waals surface area contributed by atoms with Gasteiger partial charge >= 0.3 is 0 Å². The Bertz CT molecular complexity index is 474. The van der Waals surface area contributed by atoms with Crippen molar-refractivity contribution in [1.82, 2.24) is 5.32 Å². The van der Waals surface area contributed by atoms with Crippen molar-refractivity contribution in [2.75, 3.05) is 0 Å². The molecule has 1 fully saturated rings. The molecule has 0 bridgehead atoms. The lowest BCUT2D eigenvalue weighted by Crippen LogP contribution is -2.39. The molecule has 0 spiro atoms. The fourth-order valence-corrected chi connectivity index (χ4v) is 2.70. The van der Waals surface area contributed by atoms with Crippen LogP contribution < -0.4 is 11.1 Å². The Labute approximate surface area is 147 Å². The van der Waals surface area contributed by atoms with Crippen LogP contribution in [-0.2, 0) is 6.54 Å². The van der Waals surface area contributed by atoms with Gasteiger partial charge in [-0.05, 0) is 30.5 Å². The fourth-order valence-electron chi connectivity index (χ4n) is 2.49. The number of guanidine groups is 1. The van der Waals surface area contributed by atoms with Gasteiger partial charge in [-0.15, -0.1) is 24.0 Å². The highest BCUT2D eigenvalue weighted by Crippen LogP contribution is 2.18. The third-order valence-electron chi connectivity index (χ3n) is 3.62. The molecule has 0 aromatic heterocycles. The molecule has 6 heteroatoms. The average molecular weight is 426 g/mol. The highest BCUT2D eigenvalue weighted by atomic mass is 127. The van der Waals surface area contributed by atoms with Crippen LogP contribution in [0.5, 0.6) is 0 Å². The van der Waals surface area contributed by atoms with E-state index in [0.29, 0.717) is 18.5 Å². The lowest BCUT2D eigenvalue weighted by Gasteiger charge is -2.16. The van der Waals surface area contributed by atoms with Crippen LogP contribution in [0.3, 0.4) is 0 Å². The van der Waals surface area contributed by atoms with Crippen LogP contribution in [0, 0.1) is 5.82 Å². The Morgan fingerprint density at radius 1 is 1.29 bits per heavy atom. The molecule has 1 aliphatic rings. The Kier molecular flexibility index (Phi) is 8.33. The molecule has 1 aliphatic carbocycles. The molecule has 1 aromatic rings. The maximum absolute atomic E-state index is 13.0. The van der Waals surface area contributed by atoms with Gasteiger partial charge in [0.05, 0.1) is 11.6 Å². The maximum Gasteiger partial charge on any atom is 0.189 e. The highest BCUT2D eigenvalue weighted by molar-refractivity contribution is 14.0. The van der Waals surface area contributed by atoms with Gasteiger partial charge in [0.2, 0.25) is 0 Å². The number of halogens is 3. The first-order chi connectivity index (χ1) is 9.65. The van der Waals surface area contributed by atoms with E-state index in [2.05, 4.69) is 10.3 Å². The van der Waals surface area contributed by atoms with E-state index in [1.54, 1.807) is 12.1 Å². The largest absolute Gasteiger partial charge is 0.370 e. The van der Waals surface area contributed by atoms with E-state index in [0.717, 1.165) is 18.4 Å². The second-order valence-electron chi connectivity index (χ2n) is 5.28. The quantitative estimate of drug-likeness (QED) is 0.330. The molecule has 0 aliphatic heterocycles. The van der Waals surface area contributed by atoms with Crippen LogP contribution in [0.1, 0.15) is 44.1 Å². The van der Waals surface area contributed by atoms with E-state index in [9.17, 15) is 4.39 Å². The molecule has 3 N–H and O–H groups in total. The summed E-state index contributed by atoms with van der Waals surface area (Å²) in [6, 6.07) is 5.03. The number of nitrogens with one attached hydrogen (secondary N) is 1.